The molecule has 3 N–H and O–H groups in total. The Hall–Kier alpha value is -4.23. The summed E-state index contributed by atoms with van der Waals surface area (Å²) in [6, 6.07) is 5.00. The number of hydrogen-bond donors (Lipinski definition) is 3. The van der Waals surface area contributed by atoms with Gasteiger partial charge in [-0.15, -0.1) is 0 Å². The predicted octanol–water partition coefficient (Wildman–Crippen LogP) is 3.21. The molecule has 2 atom stereocenters. The van der Waals surface area contributed by atoms with Crippen LogP contribution in [0, 0.1) is 11.6 Å². The number of amides is 1. The number of aromatic carboxylic acids is 1. The third-order valence-corrected chi connectivity index (χ3v) is 8.67. The fourth-order valence-corrected chi connectivity index (χ4v) is 6.23. The first-order valence-electron chi connectivity index (χ1n) is 14.1. The number of carboxylic acids is 1. The van der Waals surface area contributed by atoms with E-state index in [1.54, 1.807) is 4.57 Å². The van der Waals surface area contributed by atoms with E-state index in [-0.39, 0.29) is 68.6 Å². The van der Waals surface area contributed by atoms with Gasteiger partial charge in [0.15, 0.2) is 11.6 Å². The summed E-state index contributed by atoms with van der Waals surface area (Å²) in [4.78, 5) is 39.6. The minimum absolute atomic E-state index is 0.0347. The number of cyclic esters (lactones) is 1. The van der Waals surface area contributed by atoms with E-state index in [1.807, 2.05) is 11.8 Å². The first kappa shape index (κ1) is 28.9. The highest BCUT2D eigenvalue weighted by Gasteiger charge is 2.37. The van der Waals surface area contributed by atoms with Crippen LogP contribution in [0.2, 0.25) is 0 Å². The summed E-state index contributed by atoms with van der Waals surface area (Å²) in [7, 11) is 0. The summed E-state index contributed by atoms with van der Waals surface area (Å²) in [5.74, 6) is -2.83. The van der Waals surface area contributed by atoms with Crippen LogP contribution in [0.3, 0.4) is 0 Å². The zero-order valence-corrected chi connectivity index (χ0v) is 23.4. The maximum atomic E-state index is 15.6. The van der Waals surface area contributed by atoms with Crippen molar-refractivity contribution in [2.24, 2.45) is 0 Å². The number of carbonyl (C=O) groups excluding carboxylic acids is 1. The molecule has 2 fully saturated rings. The molecule has 11 nitrogen and oxygen atoms in total. The molecule has 3 aromatic rings. The maximum Gasteiger partial charge on any atom is 0.414 e. The average molecular weight is 600 g/mol. The third kappa shape index (κ3) is 5.06. The lowest BCUT2D eigenvalue weighted by Crippen LogP contribution is -2.48. The van der Waals surface area contributed by atoms with Gasteiger partial charge in [-0.2, -0.15) is 0 Å². The van der Waals surface area contributed by atoms with E-state index in [2.05, 4.69) is 0 Å². The molecule has 0 saturated carbocycles. The number of aromatic nitrogens is 1. The molecule has 43 heavy (non-hydrogen) atoms. The van der Waals surface area contributed by atoms with E-state index in [1.165, 1.54) is 23.2 Å². The maximum absolute atomic E-state index is 15.6. The molecule has 2 saturated heterocycles. The number of carboxylic acid groups (broad SMARTS) is 1. The minimum Gasteiger partial charge on any atom is -0.488 e. The number of pyridine rings is 1. The molecule has 0 unspecified atom stereocenters. The third-order valence-electron chi connectivity index (χ3n) is 8.67. The smallest absolute Gasteiger partial charge is 0.414 e. The molecule has 0 radical (unpaired) electrons. The topological polar surface area (TPSA) is 142 Å². The summed E-state index contributed by atoms with van der Waals surface area (Å²) in [5.41, 5.74) is -0.684. The summed E-state index contributed by atoms with van der Waals surface area (Å²) in [6.07, 6.45) is 1.51. The van der Waals surface area contributed by atoms with E-state index >= 15 is 4.39 Å². The van der Waals surface area contributed by atoms with E-state index in [0.29, 0.717) is 29.6 Å². The summed E-state index contributed by atoms with van der Waals surface area (Å²) >= 11 is 0. The van der Waals surface area contributed by atoms with Crippen LogP contribution in [0.4, 0.5) is 25.0 Å². The summed E-state index contributed by atoms with van der Waals surface area (Å²) in [6.45, 7) is 2.00. The number of aliphatic hydroxyl groups excluding tert-OH is 1. The first-order valence-corrected chi connectivity index (χ1v) is 14.1. The van der Waals surface area contributed by atoms with E-state index in [4.69, 9.17) is 9.47 Å². The molecule has 228 valence electrons. The molecule has 3 aliphatic rings. The van der Waals surface area contributed by atoms with Crippen molar-refractivity contribution in [2.75, 3.05) is 42.6 Å². The lowest BCUT2D eigenvalue weighted by molar-refractivity contribution is -0.0250. The summed E-state index contributed by atoms with van der Waals surface area (Å²) < 4.78 is 42.8. The highest BCUT2D eigenvalue weighted by atomic mass is 19.1. The van der Waals surface area contributed by atoms with Gasteiger partial charge in [0.05, 0.1) is 30.0 Å². The Bertz CT molecular complexity index is 1680. The second-order valence-electron chi connectivity index (χ2n) is 11.5. The second kappa shape index (κ2) is 10.8. The fourth-order valence-electron chi connectivity index (χ4n) is 6.23. The number of hydrogen-bond acceptors (Lipinski definition) is 8. The van der Waals surface area contributed by atoms with Gasteiger partial charge >= 0.3 is 12.1 Å². The minimum atomic E-state index is -1.36. The zero-order valence-electron chi connectivity index (χ0n) is 23.4. The van der Waals surface area contributed by atoms with E-state index < -0.39 is 46.4 Å². The highest BCUT2D eigenvalue weighted by molar-refractivity contribution is 5.95. The highest BCUT2D eigenvalue weighted by Crippen LogP contribution is 2.40. The fraction of sp³-hybridized carbons (Fsp3) is 0.433. The van der Waals surface area contributed by atoms with Crippen molar-refractivity contribution in [1.29, 1.82) is 0 Å². The number of benzene rings is 2. The van der Waals surface area contributed by atoms with Crippen molar-refractivity contribution in [3.63, 3.8) is 0 Å². The summed E-state index contributed by atoms with van der Waals surface area (Å²) in [5, 5.41) is 30.0. The van der Waals surface area contributed by atoms with Crippen LogP contribution < -0.4 is 20.0 Å². The first-order chi connectivity index (χ1) is 20.5. The Morgan fingerprint density at radius 3 is 2.56 bits per heavy atom. The average Bonchev–Trinajstić information content (AvgIpc) is 3.36. The quantitative estimate of drug-likeness (QED) is 0.373. The van der Waals surface area contributed by atoms with Crippen LogP contribution in [0.5, 0.6) is 5.75 Å². The van der Waals surface area contributed by atoms with E-state index in [9.17, 15) is 34.1 Å². The number of halogens is 2. The predicted molar refractivity (Wildman–Crippen MR) is 151 cm³/mol. The van der Waals surface area contributed by atoms with E-state index in [0.717, 1.165) is 12.1 Å². The monoisotopic (exact) mass is 599 g/mol. The molecular weight excluding hydrogens is 568 g/mol. The van der Waals surface area contributed by atoms with Gasteiger partial charge in [0.25, 0.3) is 0 Å². The Balaban J connectivity index is 1.18. The zero-order chi connectivity index (χ0) is 30.6. The van der Waals surface area contributed by atoms with Crippen LogP contribution in [-0.4, -0.2) is 76.5 Å². The van der Waals surface area contributed by atoms with Crippen LogP contribution >= 0.6 is 0 Å². The molecule has 3 aliphatic heterocycles. The van der Waals surface area contributed by atoms with Gasteiger partial charge < -0.3 is 34.3 Å². The normalized spacial score (nSPS) is 21.3. The van der Waals surface area contributed by atoms with Crippen molar-refractivity contribution in [2.45, 2.75) is 50.4 Å². The molecule has 4 heterocycles. The van der Waals surface area contributed by atoms with Crippen LogP contribution in [-0.2, 0) is 11.2 Å². The number of ether oxygens (including phenoxy) is 2. The molecule has 13 heteroatoms. The molecule has 1 amide bonds. The molecule has 0 bridgehead atoms. The largest absolute Gasteiger partial charge is 0.488 e. The van der Waals surface area contributed by atoms with Gasteiger partial charge in [-0.25, -0.2) is 18.4 Å². The molecule has 0 spiro atoms. The van der Waals surface area contributed by atoms with Crippen LogP contribution in [0.15, 0.2) is 35.3 Å². The van der Waals surface area contributed by atoms with Crippen LogP contribution in [0.1, 0.15) is 48.1 Å². The molecule has 0 aliphatic carbocycles. The lowest BCUT2D eigenvalue weighted by atomic mass is 9.89. The number of aliphatic hydroxyl groups is 2. The van der Waals surface area contributed by atoms with Gasteiger partial charge in [0.1, 0.15) is 29.7 Å². The van der Waals surface area contributed by atoms with Crippen molar-refractivity contribution < 1.29 is 43.2 Å². The van der Waals surface area contributed by atoms with Gasteiger partial charge in [0.2, 0.25) is 5.43 Å². The lowest BCUT2D eigenvalue weighted by Gasteiger charge is -2.40. The number of aryl methyl sites for hydroxylation is 1. The van der Waals surface area contributed by atoms with Gasteiger partial charge in [0, 0.05) is 42.3 Å². The van der Waals surface area contributed by atoms with Gasteiger partial charge in [-0.05, 0) is 50.8 Å². The number of rotatable bonds is 7. The number of carbonyl (C=O) groups is 2. The van der Waals surface area contributed by atoms with Crippen LogP contribution in [0.25, 0.3) is 10.9 Å². The van der Waals surface area contributed by atoms with Crippen molar-refractivity contribution in [3.05, 3.63) is 63.4 Å². The van der Waals surface area contributed by atoms with Crippen molar-refractivity contribution in [3.8, 4) is 5.75 Å². The standard InChI is InChI=1S/C30H31F2N3O8/c1-16-2-4-19-25-20(27(37)21(28(38)39)13-34(16)25)11-23(32)26(19)33-8-6-30(41,7-9-33)15-42-24-5-3-17(10-22(24)31)35-12-18(14-36)43-29(35)40/h3,5,10-11,13,16,18,36,41H,2,4,6-9,12,14-15H2,1H3,(H,38,39)/t16-,18+/m0/s1. The molecular formula is C30H31F2N3O8. The van der Waals surface area contributed by atoms with Gasteiger partial charge in [-0.3, -0.25) is 9.69 Å². The Morgan fingerprint density at radius 2 is 1.91 bits per heavy atom. The Labute approximate surface area is 244 Å². The Kier molecular flexibility index (Phi) is 7.25. The molecule has 6 rings (SSSR count). The molecule has 1 aromatic heterocycles. The molecule has 2 aromatic carbocycles. The SMILES string of the molecule is C[C@H]1CCc2c(N3CCC(O)(COc4ccc(N5C[C@H](CO)OC5=O)cc4F)CC3)c(F)cc3c(=O)c(C(=O)O)cn1c23. The number of piperidine rings is 1. The number of anilines is 2. The van der Waals surface area contributed by atoms with Crippen molar-refractivity contribution >= 4 is 34.3 Å². The second-order valence-corrected chi connectivity index (χ2v) is 11.5. The number of nitrogens with zero attached hydrogens (tertiary/aromatic N) is 3. The Morgan fingerprint density at radius 1 is 1.16 bits per heavy atom. The van der Waals surface area contributed by atoms with Gasteiger partial charge in [-0.1, -0.05) is 0 Å². The van der Waals surface area contributed by atoms with Crippen molar-refractivity contribution in [1.82, 2.24) is 4.57 Å².